The van der Waals surface area contributed by atoms with Crippen molar-refractivity contribution in [2.75, 3.05) is 13.2 Å². The van der Waals surface area contributed by atoms with Crippen LogP contribution >= 0.6 is 0 Å². The number of ketones is 1. The second-order valence-electron chi connectivity index (χ2n) is 7.30. The van der Waals surface area contributed by atoms with Crippen molar-refractivity contribution in [1.82, 2.24) is 9.97 Å². The van der Waals surface area contributed by atoms with Crippen molar-refractivity contribution in [3.05, 3.63) is 52.9 Å². The normalized spacial score (nSPS) is 25.2. The minimum absolute atomic E-state index is 0.0114. The van der Waals surface area contributed by atoms with Gasteiger partial charge in [0.05, 0.1) is 12.9 Å². The van der Waals surface area contributed by atoms with Crippen molar-refractivity contribution >= 4 is 11.6 Å². The maximum Gasteiger partial charge on any atom is 0.187 e. The van der Waals surface area contributed by atoms with Crippen LogP contribution in [0.5, 0.6) is 0 Å². The molecule has 0 spiro atoms. The van der Waals surface area contributed by atoms with Gasteiger partial charge in [-0.05, 0) is 38.0 Å². The zero-order valence-electron chi connectivity index (χ0n) is 16.2. The van der Waals surface area contributed by atoms with Gasteiger partial charge in [-0.2, -0.15) is 0 Å². The van der Waals surface area contributed by atoms with Crippen LogP contribution in [0.1, 0.15) is 47.6 Å². The number of carbonyl (C=O) groups is 1. The third-order valence-electron chi connectivity index (χ3n) is 5.27. The predicted molar refractivity (Wildman–Crippen MR) is 102 cm³/mol. The summed E-state index contributed by atoms with van der Waals surface area (Å²) in [5.41, 5.74) is 3.94. The molecule has 2 aromatic rings. The number of aromatic nitrogens is 2. The number of halogens is 2. The molecule has 8 heteroatoms. The Morgan fingerprint density at radius 3 is 2.82 bits per heavy atom. The molecule has 1 aliphatic heterocycles. The molecule has 0 aliphatic carbocycles. The molecule has 0 radical (unpaired) electrons. The number of H-pyrrole nitrogens is 1. The number of aromatic amines is 1. The molecule has 0 amide bonds. The number of Topliss-reactive ketones (excluding diaryl/α,β-unsaturated/α-hetero) is 1. The van der Waals surface area contributed by atoms with Crippen molar-refractivity contribution in [1.29, 1.82) is 0 Å². The number of ether oxygens (including phenoxy) is 1. The van der Waals surface area contributed by atoms with Crippen LogP contribution in [0.15, 0.2) is 29.5 Å². The number of benzene rings is 1. The van der Waals surface area contributed by atoms with Crippen molar-refractivity contribution in [2.24, 2.45) is 10.7 Å². The van der Waals surface area contributed by atoms with Gasteiger partial charge in [0.25, 0.3) is 0 Å². The molecule has 0 fully saturated rings. The zero-order chi connectivity index (χ0) is 20.5. The van der Waals surface area contributed by atoms with E-state index in [9.17, 15) is 9.18 Å². The highest BCUT2D eigenvalue weighted by Crippen LogP contribution is 2.45. The second kappa shape index (κ2) is 7.43. The molecule has 3 rings (SSSR count). The van der Waals surface area contributed by atoms with E-state index >= 15 is 4.39 Å². The van der Waals surface area contributed by atoms with Gasteiger partial charge in [0.1, 0.15) is 29.5 Å². The lowest BCUT2D eigenvalue weighted by molar-refractivity contribution is -0.00941. The zero-order valence-corrected chi connectivity index (χ0v) is 16.2. The molecule has 3 N–H and O–H groups in total. The molecule has 1 aliphatic rings. The number of rotatable bonds is 5. The summed E-state index contributed by atoms with van der Waals surface area (Å²) >= 11 is 0. The van der Waals surface area contributed by atoms with Gasteiger partial charge in [0.2, 0.25) is 0 Å². The lowest BCUT2D eigenvalue weighted by Crippen LogP contribution is -2.48. The number of carbonyl (C=O) groups excluding carboxylic acids is 1. The molecule has 2 atom stereocenters. The molecular formula is C20H24F2N4O2. The number of nitrogens with two attached hydrogens (primary N) is 1. The van der Waals surface area contributed by atoms with Gasteiger partial charge in [-0.25, -0.2) is 13.8 Å². The van der Waals surface area contributed by atoms with E-state index in [0.29, 0.717) is 17.0 Å². The number of alkyl halides is 1. The van der Waals surface area contributed by atoms with Gasteiger partial charge >= 0.3 is 0 Å². The molecule has 1 aromatic heterocycles. The minimum Gasteiger partial charge on any atom is -0.386 e. The monoisotopic (exact) mass is 390 g/mol. The summed E-state index contributed by atoms with van der Waals surface area (Å²) in [4.78, 5) is 23.8. The number of hydrogen-bond donors (Lipinski definition) is 2. The smallest absolute Gasteiger partial charge is 0.187 e. The van der Waals surface area contributed by atoms with E-state index in [0.717, 1.165) is 0 Å². The Bertz CT molecular complexity index is 923. The highest BCUT2D eigenvalue weighted by molar-refractivity contribution is 5.96. The highest BCUT2D eigenvalue weighted by Gasteiger charge is 2.52. The average Bonchev–Trinajstić information content (AvgIpc) is 3.02. The summed E-state index contributed by atoms with van der Waals surface area (Å²) in [7, 11) is 0. The molecule has 0 saturated carbocycles. The van der Waals surface area contributed by atoms with Crippen molar-refractivity contribution in [3.8, 4) is 0 Å². The van der Waals surface area contributed by atoms with Crippen LogP contribution in [0.25, 0.3) is 0 Å². The third kappa shape index (κ3) is 3.44. The summed E-state index contributed by atoms with van der Waals surface area (Å²) in [6.45, 7) is 4.53. The lowest BCUT2D eigenvalue weighted by Gasteiger charge is -2.39. The fourth-order valence-electron chi connectivity index (χ4n) is 3.75. The number of nitrogens with one attached hydrogen (secondary N) is 1. The molecular weight excluding hydrogens is 366 g/mol. The first-order valence-electron chi connectivity index (χ1n) is 9.13. The number of imidazole rings is 1. The van der Waals surface area contributed by atoms with E-state index < -0.39 is 17.0 Å². The first-order valence-corrected chi connectivity index (χ1v) is 9.13. The van der Waals surface area contributed by atoms with Crippen molar-refractivity contribution in [2.45, 2.75) is 44.8 Å². The van der Waals surface area contributed by atoms with Crippen LogP contribution in [0.3, 0.4) is 0 Å². The number of nitrogens with zero attached hydrogens (tertiary/aromatic N) is 2. The van der Waals surface area contributed by atoms with Crippen LogP contribution in [-0.4, -0.2) is 40.5 Å². The maximum absolute atomic E-state index is 15.6. The summed E-state index contributed by atoms with van der Waals surface area (Å²) < 4.78 is 35.7. The Kier molecular flexibility index (Phi) is 5.34. The third-order valence-corrected chi connectivity index (χ3v) is 5.27. The van der Waals surface area contributed by atoms with Crippen LogP contribution in [0.2, 0.25) is 0 Å². The van der Waals surface area contributed by atoms with E-state index in [1.165, 1.54) is 31.5 Å². The Balaban J connectivity index is 2.05. The molecule has 2 heterocycles. The molecule has 150 valence electrons. The molecule has 28 heavy (non-hydrogen) atoms. The lowest BCUT2D eigenvalue weighted by atomic mass is 9.74. The molecule has 0 bridgehead atoms. The summed E-state index contributed by atoms with van der Waals surface area (Å²) in [6, 6.07) is 4.25. The van der Waals surface area contributed by atoms with E-state index in [4.69, 9.17) is 10.5 Å². The van der Waals surface area contributed by atoms with Gasteiger partial charge in [-0.1, -0.05) is 13.0 Å². The van der Waals surface area contributed by atoms with E-state index in [1.807, 2.05) is 0 Å². The number of aryl methyl sites for hydroxylation is 1. The van der Waals surface area contributed by atoms with E-state index in [1.54, 1.807) is 13.8 Å². The Morgan fingerprint density at radius 2 is 2.18 bits per heavy atom. The van der Waals surface area contributed by atoms with Gasteiger partial charge in [0, 0.05) is 17.7 Å². The average molecular weight is 390 g/mol. The fourth-order valence-corrected chi connectivity index (χ4v) is 3.75. The fraction of sp³-hybridized carbons (Fsp3) is 0.450. The summed E-state index contributed by atoms with van der Waals surface area (Å²) in [6.07, 6.45) is 1.64. The Morgan fingerprint density at radius 1 is 1.43 bits per heavy atom. The number of amidine groups is 1. The first-order chi connectivity index (χ1) is 13.2. The maximum atomic E-state index is 15.6. The van der Waals surface area contributed by atoms with Crippen molar-refractivity contribution in [3.63, 3.8) is 0 Å². The predicted octanol–water partition coefficient (Wildman–Crippen LogP) is 3.00. The highest BCUT2D eigenvalue weighted by atomic mass is 19.1. The second-order valence-corrected chi connectivity index (χ2v) is 7.30. The van der Waals surface area contributed by atoms with E-state index in [-0.39, 0.29) is 43.2 Å². The SMILES string of the molecule is CC[C@]1(c2cc(CC(=O)c3nc[nH]c3C)ccc2F)N=C(N)COCC1(C)F. The van der Waals surface area contributed by atoms with Crippen molar-refractivity contribution < 1.29 is 18.3 Å². The van der Waals surface area contributed by atoms with Crippen LogP contribution in [0, 0.1) is 12.7 Å². The van der Waals surface area contributed by atoms with E-state index in [2.05, 4.69) is 15.0 Å². The molecule has 1 aromatic carbocycles. The first kappa shape index (κ1) is 20.1. The van der Waals surface area contributed by atoms with Gasteiger partial charge in [0.15, 0.2) is 11.5 Å². The molecule has 1 unspecified atom stereocenters. The standard InChI is InChI=1S/C20H24F2N4O2/c1-4-20(19(3,22)10-28-9-17(23)26-20)14-7-13(5-6-15(14)21)8-16(27)18-12(2)24-11-25-18/h5-7,11H,4,8-10H2,1-3H3,(H2,23,26)(H,24,25)/t19?,20-/m1/s1. The Labute approximate surface area is 162 Å². The quantitative estimate of drug-likeness (QED) is 0.768. The van der Waals surface area contributed by atoms with Crippen LogP contribution < -0.4 is 5.73 Å². The minimum atomic E-state index is -1.98. The summed E-state index contributed by atoms with van der Waals surface area (Å²) in [5.74, 6) is -0.704. The number of hydrogen-bond acceptors (Lipinski definition) is 5. The number of aliphatic imine (C=N–C) groups is 1. The van der Waals surface area contributed by atoms with Gasteiger partial charge in [-0.3, -0.25) is 9.79 Å². The van der Waals surface area contributed by atoms with Crippen LogP contribution in [-0.2, 0) is 16.7 Å². The van der Waals surface area contributed by atoms with Crippen LogP contribution in [0.4, 0.5) is 8.78 Å². The van der Waals surface area contributed by atoms with Gasteiger partial charge in [-0.15, -0.1) is 0 Å². The Hall–Kier alpha value is -2.61. The topological polar surface area (TPSA) is 93.4 Å². The van der Waals surface area contributed by atoms with Gasteiger partial charge < -0.3 is 15.5 Å². The summed E-state index contributed by atoms with van der Waals surface area (Å²) in [5, 5.41) is 0. The largest absolute Gasteiger partial charge is 0.386 e. The molecule has 0 saturated heterocycles. The molecule has 6 nitrogen and oxygen atoms in total.